The number of fused-ring (bicyclic) bond motifs is 4. The highest BCUT2D eigenvalue weighted by atomic mass is 32.3. The van der Waals surface area contributed by atoms with Crippen LogP contribution < -0.4 is 14.8 Å². The highest BCUT2D eigenvalue weighted by Gasteiger charge is 2.30. The standard InChI is InChI=1S/C42H39N3O9S2/c46-42(47)26-13-17-43(18-14-26)25-29-3-1-2-4-34(29)41-35-9-5-30(44-19-15-27-21-32(55(48,49)50)7-11-37(27)44)23-39(35)54-40-24-31(6-10-36(40)41)45-20-16-28-22-33(56(51,52)53)8-12-38(28)45/h1-12,21-24,26H,13-20,25H2,(H4-,46,47,48,49,50,51,52,53)/p+1. The Morgan fingerprint density at radius 3 is 2.32 bits per heavy atom. The average molecular weight is 795 g/mol. The van der Waals surface area contributed by atoms with Crippen molar-refractivity contribution in [1.29, 1.82) is 0 Å². The maximum Gasteiger partial charge on any atom is 0.306 e. The van der Waals surface area contributed by atoms with Gasteiger partial charge in [-0.1, -0.05) is 24.3 Å². The number of likely N-dealkylation sites (tertiary alicyclic amines) is 1. The number of nitrogens with zero attached hydrogens (tertiary/aromatic N) is 3. The van der Waals surface area contributed by atoms with Crippen LogP contribution in [-0.2, 0) is 34.3 Å². The summed E-state index contributed by atoms with van der Waals surface area (Å²) in [6.45, 7) is 3.32. The molecule has 0 spiro atoms. The fourth-order valence-electron chi connectivity index (χ4n) is 8.60. The Kier molecular flexibility index (Phi) is 9.04. The van der Waals surface area contributed by atoms with Crippen molar-refractivity contribution in [1.82, 2.24) is 9.48 Å². The molecule has 0 saturated carbocycles. The van der Waals surface area contributed by atoms with E-state index in [1.807, 2.05) is 30.3 Å². The van der Waals surface area contributed by atoms with Crippen molar-refractivity contribution in [3.8, 4) is 22.5 Å². The maximum atomic E-state index is 11.9. The van der Waals surface area contributed by atoms with Crippen LogP contribution in [0.25, 0.3) is 33.4 Å². The molecule has 5 N–H and O–H groups in total. The molecule has 0 atom stereocenters. The molecule has 14 heteroatoms. The number of carboxylic acids is 1. The number of hydrogen-bond acceptors (Lipinski definition) is 9. The third kappa shape index (κ3) is 6.66. The Labute approximate surface area is 324 Å². The predicted octanol–water partition coefficient (Wildman–Crippen LogP) is 7.68. The van der Waals surface area contributed by atoms with E-state index in [0.717, 1.165) is 61.2 Å². The van der Waals surface area contributed by atoms with E-state index in [0.29, 0.717) is 69.8 Å². The highest BCUT2D eigenvalue weighted by Crippen LogP contribution is 2.46. The molecule has 4 heterocycles. The fourth-order valence-corrected chi connectivity index (χ4v) is 9.68. The van der Waals surface area contributed by atoms with E-state index in [-0.39, 0.29) is 15.7 Å². The van der Waals surface area contributed by atoms with Crippen LogP contribution in [0, 0.1) is 5.92 Å². The molecular weight excluding hydrogens is 755 g/mol. The summed E-state index contributed by atoms with van der Waals surface area (Å²) >= 11 is 0. The minimum atomic E-state index is -4.33. The number of carbonyl (C=O) groups is 1. The van der Waals surface area contributed by atoms with Gasteiger partial charge in [0, 0.05) is 71.2 Å². The normalized spacial score (nSPS) is 17.8. The summed E-state index contributed by atoms with van der Waals surface area (Å²) in [4.78, 5) is 16.0. The smallest absolute Gasteiger partial charge is 0.306 e. The first-order chi connectivity index (χ1) is 26.8. The molecule has 1 saturated heterocycles. The summed E-state index contributed by atoms with van der Waals surface area (Å²) in [6, 6.07) is 30.2. The number of rotatable bonds is 7. The summed E-state index contributed by atoms with van der Waals surface area (Å²) in [5, 5.41) is 11.4. The van der Waals surface area contributed by atoms with E-state index in [1.54, 1.807) is 18.2 Å². The summed E-state index contributed by atoms with van der Waals surface area (Å²) in [5.74, 6) is -0.395. The molecule has 9 rings (SSSR count). The van der Waals surface area contributed by atoms with Gasteiger partial charge in [-0.15, -0.1) is 0 Å². The van der Waals surface area contributed by atoms with Gasteiger partial charge in [-0.3, -0.25) is 14.2 Å². The largest absolute Gasteiger partial charge is 0.481 e. The average Bonchev–Trinajstić information content (AvgIpc) is 3.81. The third-order valence-electron chi connectivity index (χ3n) is 11.4. The van der Waals surface area contributed by atoms with Crippen LogP contribution in [0.3, 0.4) is 0 Å². The van der Waals surface area contributed by atoms with Gasteiger partial charge in [0.25, 0.3) is 10.1 Å². The molecular formula is C42H40N3O9S2+. The summed E-state index contributed by atoms with van der Waals surface area (Å²) in [6.07, 6.45) is 2.48. The van der Waals surface area contributed by atoms with Crippen LogP contribution >= 0.6 is 10.9 Å². The van der Waals surface area contributed by atoms with Crippen LogP contribution in [0.1, 0.15) is 29.5 Å². The second kappa shape index (κ2) is 13.8. The number of anilines is 2. The molecule has 288 valence electrons. The number of benzene rings is 5. The number of hydrogen-bond donors (Lipinski definition) is 5. The van der Waals surface area contributed by atoms with Gasteiger partial charge >= 0.3 is 5.97 Å². The molecule has 0 radical (unpaired) electrons. The monoisotopic (exact) mass is 794 g/mol. The Balaban J connectivity index is 1.19. The van der Waals surface area contributed by atoms with E-state index in [2.05, 4.69) is 44.7 Å². The van der Waals surface area contributed by atoms with Gasteiger partial charge in [-0.2, -0.15) is 13.0 Å². The lowest BCUT2D eigenvalue weighted by molar-refractivity contribution is -0.143. The summed E-state index contributed by atoms with van der Waals surface area (Å²) < 4.78 is 71.9. The van der Waals surface area contributed by atoms with Crippen molar-refractivity contribution in [2.45, 2.75) is 42.0 Å². The first-order valence-electron chi connectivity index (χ1n) is 18.5. The van der Waals surface area contributed by atoms with Crippen molar-refractivity contribution in [2.75, 3.05) is 31.1 Å². The molecule has 0 amide bonds. The lowest BCUT2D eigenvalue weighted by Gasteiger charge is -2.31. The van der Waals surface area contributed by atoms with Gasteiger partial charge < -0.3 is 28.1 Å². The summed E-state index contributed by atoms with van der Waals surface area (Å²) in [7, 11) is -8.17. The molecule has 0 unspecified atom stereocenters. The first kappa shape index (κ1) is 36.6. The molecule has 0 bridgehead atoms. The molecule has 4 aliphatic heterocycles. The fraction of sp³-hybridized carbons (Fsp3) is 0.238. The minimum absolute atomic E-state index is 0.0861. The molecule has 0 aromatic heterocycles. The first-order valence-corrected chi connectivity index (χ1v) is 21.4. The number of piperidine rings is 1. The zero-order valence-corrected chi connectivity index (χ0v) is 31.8. The number of carboxylic acid groups (broad SMARTS) is 1. The van der Waals surface area contributed by atoms with E-state index in [4.69, 9.17) is 4.42 Å². The second-order valence-electron chi connectivity index (χ2n) is 14.8. The van der Waals surface area contributed by atoms with E-state index < -0.39 is 27.0 Å². The maximum absolute atomic E-state index is 11.9. The zero-order chi connectivity index (χ0) is 38.9. The Morgan fingerprint density at radius 1 is 0.786 bits per heavy atom. The molecule has 4 aromatic carbocycles. The Morgan fingerprint density at radius 2 is 1.55 bits per heavy atom. The second-order valence-corrected chi connectivity index (χ2v) is 17.7. The van der Waals surface area contributed by atoms with Gasteiger partial charge in [0.15, 0.2) is 6.54 Å². The Bertz CT molecular complexity index is 2720. The van der Waals surface area contributed by atoms with Gasteiger partial charge in [0.1, 0.15) is 22.2 Å². The highest BCUT2D eigenvalue weighted by molar-refractivity contribution is 8.19. The van der Waals surface area contributed by atoms with Crippen molar-refractivity contribution in [3.05, 3.63) is 119 Å². The number of aliphatic carboxylic acids is 1. The minimum Gasteiger partial charge on any atom is -0.481 e. The van der Waals surface area contributed by atoms with Crippen molar-refractivity contribution < 1.29 is 40.9 Å². The topological polar surface area (TPSA) is 175 Å². The molecule has 1 aliphatic carbocycles. The van der Waals surface area contributed by atoms with Crippen LogP contribution in [0.15, 0.2) is 111 Å². The van der Waals surface area contributed by atoms with E-state index in [1.165, 1.54) is 18.2 Å². The van der Waals surface area contributed by atoms with E-state index in [9.17, 15) is 36.5 Å². The summed E-state index contributed by atoms with van der Waals surface area (Å²) in [5.41, 5.74) is 9.09. The predicted molar refractivity (Wildman–Crippen MR) is 215 cm³/mol. The molecule has 56 heavy (non-hydrogen) atoms. The Hall–Kier alpha value is -5.06. The van der Waals surface area contributed by atoms with Crippen LogP contribution in [0.5, 0.6) is 0 Å². The quantitative estimate of drug-likeness (QED) is 0.0609. The van der Waals surface area contributed by atoms with Crippen LogP contribution in [0.4, 0.5) is 17.1 Å². The SMILES string of the molecule is O=C(O)C1CCN(Cc2ccccc2-c2c3ccc(=[N+]4CCc5cc(S(O)(O)O)ccc54)cc-3oc3cc(N4CCc5cc(S(=O)(=O)O)ccc54)ccc23)CC1. The molecule has 1 fully saturated rings. The van der Waals surface area contributed by atoms with Crippen molar-refractivity contribution >= 4 is 55.0 Å². The zero-order valence-electron chi connectivity index (χ0n) is 30.2. The van der Waals surface area contributed by atoms with Gasteiger partial charge in [-0.05, 0) is 97.6 Å². The lowest BCUT2D eigenvalue weighted by Crippen LogP contribution is -2.35. The third-order valence-corrected chi connectivity index (χ3v) is 13.2. The van der Waals surface area contributed by atoms with Gasteiger partial charge in [0.05, 0.1) is 21.8 Å². The van der Waals surface area contributed by atoms with Crippen molar-refractivity contribution in [2.24, 2.45) is 5.92 Å². The van der Waals surface area contributed by atoms with Crippen LogP contribution in [0.2, 0.25) is 0 Å². The van der Waals surface area contributed by atoms with E-state index >= 15 is 0 Å². The molecule has 4 aromatic rings. The molecule has 5 aliphatic rings. The lowest BCUT2D eigenvalue weighted by atomic mass is 9.90. The van der Waals surface area contributed by atoms with Crippen molar-refractivity contribution in [3.63, 3.8) is 0 Å². The molecule has 12 nitrogen and oxygen atoms in total. The van der Waals surface area contributed by atoms with Crippen LogP contribution in [-0.4, -0.2) is 68.8 Å². The van der Waals surface area contributed by atoms with Gasteiger partial charge in [-0.25, -0.2) is 0 Å². The van der Waals surface area contributed by atoms with Gasteiger partial charge in [0.2, 0.25) is 11.0 Å².